The third-order valence-electron chi connectivity index (χ3n) is 4.54. The molecular formula is C20H19N5OS. The number of benzene rings is 1. The molecule has 1 saturated heterocycles. The number of hydrogen-bond donors (Lipinski definition) is 1. The van der Waals surface area contributed by atoms with E-state index < -0.39 is 0 Å². The van der Waals surface area contributed by atoms with Gasteiger partial charge in [0.1, 0.15) is 0 Å². The van der Waals surface area contributed by atoms with E-state index in [9.17, 15) is 4.79 Å². The lowest BCUT2D eigenvalue weighted by molar-refractivity contribution is 0.0973. The fourth-order valence-electron chi connectivity index (χ4n) is 3.05. The molecule has 3 aliphatic rings. The van der Waals surface area contributed by atoms with Crippen LogP contribution in [0.15, 0.2) is 60.7 Å². The van der Waals surface area contributed by atoms with Gasteiger partial charge in [0.2, 0.25) is 5.95 Å². The first-order valence-corrected chi connectivity index (χ1v) is 9.24. The summed E-state index contributed by atoms with van der Waals surface area (Å²) in [6.07, 6.45) is 0. The van der Waals surface area contributed by atoms with Crippen molar-refractivity contribution in [2.24, 2.45) is 0 Å². The lowest BCUT2D eigenvalue weighted by atomic mass is 10.2. The Bertz CT molecular complexity index is 894. The Kier molecular flexibility index (Phi) is 4.93. The number of nitrogens with zero attached hydrogens (tertiary/aromatic N) is 4. The summed E-state index contributed by atoms with van der Waals surface area (Å²) in [7, 11) is 0. The highest BCUT2D eigenvalue weighted by Gasteiger charge is 2.23. The quantitative estimate of drug-likeness (QED) is 0.692. The molecule has 2 heterocycles. The van der Waals surface area contributed by atoms with Crippen LogP contribution < -0.4 is 10.2 Å². The Morgan fingerprint density at radius 1 is 0.852 bits per heavy atom. The van der Waals surface area contributed by atoms with Crippen molar-refractivity contribution in [3.63, 3.8) is 0 Å². The molecule has 0 spiro atoms. The molecule has 0 radical (unpaired) electrons. The van der Waals surface area contributed by atoms with Gasteiger partial charge in [0.25, 0.3) is 5.91 Å². The van der Waals surface area contributed by atoms with Gasteiger partial charge in [-0.1, -0.05) is 36.4 Å². The predicted octanol–water partition coefficient (Wildman–Crippen LogP) is 2.42. The Balaban J connectivity index is 1.36. The van der Waals surface area contributed by atoms with Crippen LogP contribution in [0.4, 0.5) is 5.95 Å². The molecule has 4 rings (SSSR count). The maximum atomic E-state index is 12.3. The summed E-state index contributed by atoms with van der Waals surface area (Å²) in [5.74, 6) is 0.566. The van der Waals surface area contributed by atoms with Crippen LogP contribution in [0.2, 0.25) is 0 Å². The average molecular weight is 377 g/mol. The number of carbonyl (C=O) groups excluding carboxylic acids is 1. The average Bonchev–Trinajstić information content (AvgIpc) is 2.99. The molecule has 0 atom stereocenters. The summed E-state index contributed by atoms with van der Waals surface area (Å²) in [5.41, 5.74) is 2.38. The van der Waals surface area contributed by atoms with Crippen molar-refractivity contribution in [3.8, 4) is 11.4 Å². The van der Waals surface area contributed by atoms with Crippen LogP contribution in [-0.2, 0) is 0 Å². The number of rotatable bonds is 2. The molecule has 2 aliphatic heterocycles. The molecule has 6 nitrogen and oxygen atoms in total. The van der Waals surface area contributed by atoms with Gasteiger partial charge in [0.15, 0.2) is 5.11 Å². The minimum atomic E-state index is -0.179. The zero-order valence-electron chi connectivity index (χ0n) is 14.7. The molecule has 7 heteroatoms. The molecule has 136 valence electrons. The molecule has 0 bridgehead atoms. The highest BCUT2D eigenvalue weighted by atomic mass is 32.1. The minimum absolute atomic E-state index is 0.179. The van der Waals surface area contributed by atoms with Crippen molar-refractivity contribution >= 4 is 29.2 Å². The van der Waals surface area contributed by atoms with E-state index in [1.165, 1.54) is 0 Å². The van der Waals surface area contributed by atoms with Crippen molar-refractivity contribution in [1.29, 1.82) is 0 Å². The van der Waals surface area contributed by atoms with E-state index in [0.29, 0.717) is 23.8 Å². The van der Waals surface area contributed by atoms with E-state index in [1.54, 1.807) is 12.1 Å². The minimum Gasteiger partial charge on any atom is -0.345 e. The van der Waals surface area contributed by atoms with Crippen LogP contribution in [0.3, 0.4) is 0 Å². The third-order valence-corrected chi connectivity index (χ3v) is 4.90. The number of fused-ring (bicyclic) bond motifs is 1. The number of nitrogens with one attached hydrogen (secondary N) is 1. The van der Waals surface area contributed by atoms with Gasteiger partial charge in [0.05, 0.1) is 11.4 Å². The van der Waals surface area contributed by atoms with Crippen LogP contribution in [0, 0.1) is 0 Å². The van der Waals surface area contributed by atoms with Gasteiger partial charge < -0.3 is 9.80 Å². The Labute approximate surface area is 163 Å². The summed E-state index contributed by atoms with van der Waals surface area (Å²) < 4.78 is 0. The van der Waals surface area contributed by atoms with Crippen LogP contribution in [-0.4, -0.2) is 52.1 Å². The highest BCUT2D eigenvalue weighted by Crippen LogP contribution is 2.22. The molecule has 1 N–H and O–H groups in total. The largest absolute Gasteiger partial charge is 0.345 e. The normalized spacial score (nSPS) is 14.2. The van der Waals surface area contributed by atoms with E-state index in [1.807, 2.05) is 53.4 Å². The van der Waals surface area contributed by atoms with Crippen molar-refractivity contribution in [2.75, 3.05) is 31.1 Å². The fraction of sp³-hybridized carbons (Fsp3) is 0.200. The summed E-state index contributed by atoms with van der Waals surface area (Å²) in [6, 6.07) is 18.9. The highest BCUT2D eigenvalue weighted by molar-refractivity contribution is 7.80. The maximum absolute atomic E-state index is 12.3. The lowest BCUT2D eigenvalue weighted by Crippen LogP contribution is -2.53. The molecule has 1 fully saturated rings. The van der Waals surface area contributed by atoms with Gasteiger partial charge in [-0.3, -0.25) is 10.1 Å². The van der Waals surface area contributed by atoms with E-state index >= 15 is 0 Å². The number of hydrogen-bond acceptors (Lipinski definition) is 5. The molecule has 1 aromatic carbocycles. The number of piperazine rings is 1. The van der Waals surface area contributed by atoms with Crippen LogP contribution in [0.25, 0.3) is 11.4 Å². The predicted molar refractivity (Wildman–Crippen MR) is 109 cm³/mol. The standard InChI is InChI=1S/C20H19N5OS/c26-18(15-7-3-1-4-8-15)23-20(27)25-13-11-24(12-14-25)19-21-16-9-5-2-6-10-17(16)22-19/h1-10H,11-14H2,(H,23,26,27). The molecule has 1 aromatic rings. The second-order valence-corrected chi connectivity index (χ2v) is 6.69. The van der Waals surface area contributed by atoms with Gasteiger partial charge in [-0.05, 0) is 36.5 Å². The zero-order valence-corrected chi connectivity index (χ0v) is 15.5. The number of aromatic nitrogens is 2. The van der Waals surface area contributed by atoms with Crippen molar-refractivity contribution in [2.45, 2.75) is 0 Å². The van der Waals surface area contributed by atoms with E-state index in [4.69, 9.17) is 12.2 Å². The summed E-state index contributed by atoms with van der Waals surface area (Å²) >= 11 is 5.41. The van der Waals surface area contributed by atoms with Gasteiger partial charge in [-0.25, -0.2) is 9.97 Å². The zero-order chi connectivity index (χ0) is 18.6. The molecule has 0 aromatic heterocycles. The molecule has 1 amide bonds. The monoisotopic (exact) mass is 377 g/mol. The van der Waals surface area contributed by atoms with Crippen molar-refractivity contribution in [3.05, 3.63) is 66.2 Å². The van der Waals surface area contributed by atoms with E-state index in [-0.39, 0.29) is 5.91 Å². The van der Waals surface area contributed by atoms with Gasteiger partial charge in [0, 0.05) is 31.7 Å². The topological polar surface area (TPSA) is 61.4 Å². The third kappa shape index (κ3) is 3.88. The van der Waals surface area contributed by atoms with E-state index in [2.05, 4.69) is 20.2 Å². The first-order valence-electron chi connectivity index (χ1n) is 8.84. The fourth-order valence-corrected chi connectivity index (χ4v) is 3.32. The number of amides is 1. The first kappa shape index (κ1) is 17.4. The van der Waals surface area contributed by atoms with Crippen molar-refractivity contribution < 1.29 is 4.79 Å². The SMILES string of the molecule is O=C(NC(=S)N1CCN(c2nc3cccccc-3n2)CC1)c1ccccc1. The van der Waals surface area contributed by atoms with Gasteiger partial charge >= 0.3 is 0 Å². The van der Waals surface area contributed by atoms with Gasteiger partial charge in [-0.15, -0.1) is 0 Å². The number of anilines is 1. The van der Waals surface area contributed by atoms with Crippen LogP contribution in [0.5, 0.6) is 0 Å². The lowest BCUT2D eigenvalue weighted by Gasteiger charge is -2.35. The van der Waals surface area contributed by atoms with Crippen LogP contribution >= 0.6 is 12.2 Å². The van der Waals surface area contributed by atoms with E-state index in [0.717, 1.165) is 30.4 Å². The maximum Gasteiger partial charge on any atom is 0.257 e. The molecule has 0 saturated carbocycles. The Hall–Kier alpha value is -3.06. The number of imidazole rings is 1. The second-order valence-electron chi connectivity index (χ2n) is 6.30. The number of thiocarbonyl (C=S) groups is 1. The number of carbonyl (C=O) groups is 1. The second kappa shape index (κ2) is 7.67. The first-order chi connectivity index (χ1) is 13.2. The Morgan fingerprint density at radius 2 is 1.41 bits per heavy atom. The van der Waals surface area contributed by atoms with Crippen molar-refractivity contribution in [1.82, 2.24) is 20.2 Å². The summed E-state index contributed by atoms with van der Waals surface area (Å²) in [4.78, 5) is 25.7. The smallest absolute Gasteiger partial charge is 0.257 e. The van der Waals surface area contributed by atoms with Crippen LogP contribution in [0.1, 0.15) is 10.4 Å². The van der Waals surface area contributed by atoms with Gasteiger partial charge in [-0.2, -0.15) is 0 Å². The summed E-state index contributed by atoms with van der Waals surface area (Å²) in [5, 5.41) is 3.28. The Morgan fingerprint density at radius 3 is 2.00 bits per heavy atom. The molecule has 27 heavy (non-hydrogen) atoms. The molecular weight excluding hydrogens is 358 g/mol. The molecule has 0 unspecified atom stereocenters. The summed E-state index contributed by atoms with van der Waals surface area (Å²) in [6.45, 7) is 2.94. The molecule has 1 aliphatic carbocycles.